The number of hydrogen-bond acceptors (Lipinski definition) is 2. The van der Waals surface area contributed by atoms with Gasteiger partial charge in [-0.3, -0.25) is 0 Å². The molecule has 1 aliphatic rings. The van der Waals surface area contributed by atoms with E-state index in [2.05, 4.69) is 39.0 Å². The Morgan fingerprint density at radius 2 is 2.00 bits per heavy atom. The zero-order chi connectivity index (χ0) is 12.7. The van der Waals surface area contributed by atoms with Gasteiger partial charge in [0.15, 0.2) is 0 Å². The fraction of sp³-hybridized carbons (Fsp3) is 0.600. The van der Waals surface area contributed by atoms with E-state index in [4.69, 9.17) is 10.5 Å². The molecule has 1 aliphatic carbocycles. The Morgan fingerprint density at radius 3 is 2.41 bits per heavy atom. The van der Waals surface area contributed by atoms with Crippen molar-refractivity contribution in [3.05, 3.63) is 29.3 Å². The van der Waals surface area contributed by atoms with Crippen molar-refractivity contribution in [2.24, 2.45) is 11.1 Å². The summed E-state index contributed by atoms with van der Waals surface area (Å²) in [6.45, 7) is 10.2. The van der Waals surface area contributed by atoms with Crippen LogP contribution in [-0.2, 0) is 5.41 Å². The lowest BCUT2D eigenvalue weighted by Crippen LogP contribution is -2.26. The van der Waals surface area contributed by atoms with Crippen LogP contribution in [-0.4, -0.2) is 13.2 Å². The van der Waals surface area contributed by atoms with Gasteiger partial charge in [-0.25, -0.2) is 0 Å². The van der Waals surface area contributed by atoms with Crippen LogP contribution in [0.2, 0.25) is 0 Å². The minimum absolute atomic E-state index is 0.182. The molecule has 0 heterocycles. The molecule has 2 nitrogen and oxygen atoms in total. The maximum atomic E-state index is 6.01. The van der Waals surface area contributed by atoms with Gasteiger partial charge in [0, 0.05) is 12.0 Å². The second-order valence-corrected chi connectivity index (χ2v) is 5.76. The van der Waals surface area contributed by atoms with E-state index in [0.717, 1.165) is 12.3 Å². The predicted octanol–water partition coefficient (Wildman–Crippen LogP) is 3.02. The molecule has 1 aromatic carbocycles. The summed E-state index contributed by atoms with van der Waals surface area (Å²) >= 11 is 0. The topological polar surface area (TPSA) is 35.2 Å². The first kappa shape index (κ1) is 12.4. The summed E-state index contributed by atoms with van der Waals surface area (Å²) in [5, 5.41) is 0. The monoisotopic (exact) mass is 233 g/mol. The van der Waals surface area contributed by atoms with E-state index >= 15 is 0 Å². The highest BCUT2D eigenvalue weighted by molar-refractivity contribution is 5.45. The molecule has 2 N–H and O–H groups in total. The SMILES string of the molecule is CCOc1ccc(C2(CN)CC2(C)C)c(C)c1. The Hall–Kier alpha value is -1.02. The van der Waals surface area contributed by atoms with Crippen LogP contribution in [0.5, 0.6) is 5.75 Å². The van der Waals surface area contributed by atoms with E-state index < -0.39 is 0 Å². The Labute approximate surface area is 104 Å². The first-order valence-electron chi connectivity index (χ1n) is 6.41. The van der Waals surface area contributed by atoms with Crippen molar-refractivity contribution in [3.8, 4) is 5.75 Å². The van der Waals surface area contributed by atoms with Crippen molar-refractivity contribution in [1.29, 1.82) is 0 Å². The predicted molar refractivity (Wildman–Crippen MR) is 71.5 cm³/mol. The molecule has 1 atom stereocenters. The summed E-state index contributed by atoms with van der Waals surface area (Å²) in [5.74, 6) is 0.958. The maximum Gasteiger partial charge on any atom is 0.119 e. The second kappa shape index (κ2) is 4.02. The van der Waals surface area contributed by atoms with Crippen molar-refractivity contribution in [2.75, 3.05) is 13.2 Å². The van der Waals surface area contributed by atoms with Gasteiger partial charge in [-0.1, -0.05) is 19.9 Å². The third-order valence-corrected chi connectivity index (χ3v) is 4.29. The first-order valence-corrected chi connectivity index (χ1v) is 6.41. The van der Waals surface area contributed by atoms with Crippen LogP contribution in [0, 0.1) is 12.3 Å². The standard InChI is InChI=1S/C15H23NO/c1-5-17-12-6-7-13(11(2)8-12)15(10-16)9-14(15,3)4/h6-8H,5,9-10,16H2,1-4H3. The average molecular weight is 233 g/mol. The molecule has 1 saturated carbocycles. The summed E-state index contributed by atoms with van der Waals surface area (Å²) < 4.78 is 5.53. The Kier molecular flexibility index (Phi) is 2.94. The molecule has 1 fully saturated rings. The summed E-state index contributed by atoms with van der Waals surface area (Å²) in [4.78, 5) is 0. The van der Waals surface area contributed by atoms with Crippen molar-refractivity contribution < 1.29 is 4.74 Å². The average Bonchev–Trinajstić information content (AvgIpc) is 2.83. The molecule has 0 spiro atoms. The molecule has 17 heavy (non-hydrogen) atoms. The number of benzene rings is 1. The van der Waals surface area contributed by atoms with Gasteiger partial charge in [0.2, 0.25) is 0 Å². The quantitative estimate of drug-likeness (QED) is 0.867. The highest BCUT2D eigenvalue weighted by atomic mass is 16.5. The van der Waals surface area contributed by atoms with Crippen LogP contribution in [0.4, 0.5) is 0 Å². The van der Waals surface area contributed by atoms with Crippen LogP contribution in [0.25, 0.3) is 0 Å². The molecule has 0 saturated heterocycles. The second-order valence-electron chi connectivity index (χ2n) is 5.76. The van der Waals surface area contributed by atoms with Gasteiger partial charge < -0.3 is 10.5 Å². The molecule has 2 rings (SSSR count). The smallest absolute Gasteiger partial charge is 0.119 e. The Morgan fingerprint density at radius 1 is 1.35 bits per heavy atom. The molecular weight excluding hydrogens is 210 g/mol. The highest BCUT2D eigenvalue weighted by Crippen LogP contribution is 2.64. The van der Waals surface area contributed by atoms with Crippen LogP contribution in [0.1, 0.15) is 38.3 Å². The fourth-order valence-electron chi connectivity index (χ4n) is 3.06. The number of aryl methyl sites for hydroxylation is 1. The third-order valence-electron chi connectivity index (χ3n) is 4.29. The van der Waals surface area contributed by atoms with E-state index in [0.29, 0.717) is 12.0 Å². The molecular formula is C15H23NO. The van der Waals surface area contributed by atoms with Gasteiger partial charge in [-0.05, 0) is 48.9 Å². The number of nitrogens with two attached hydrogens (primary N) is 1. The lowest BCUT2D eigenvalue weighted by molar-refractivity contribution is 0.339. The number of ether oxygens (including phenoxy) is 1. The zero-order valence-corrected chi connectivity index (χ0v) is 11.3. The van der Waals surface area contributed by atoms with Crippen LogP contribution in [0.15, 0.2) is 18.2 Å². The zero-order valence-electron chi connectivity index (χ0n) is 11.3. The molecule has 0 bridgehead atoms. The van der Waals surface area contributed by atoms with Gasteiger partial charge in [-0.2, -0.15) is 0 Å². The summed E-state index contributed by atoms with van der Waals surface area (Å²) in [7, 11) is 0. The van der Waals surface area contributed by atoms with E-state index in [9.17, 15) is 0 Å². The van der Waals surface area contributed by atoms with Gasteiger partial charge in [0.05, 0.1) is 6.61 Å². The molecule has 0 amide bonds. The van der Waals surface area contributed by atoms with Gasteiger partial charge in [0.1, 0.15) is 5.75 Å². The van der Waals surface area contributed by atoms with Crippen LogP contribution < -0.4 is 10.5 Å². The minimum Gasteiger partial charge on any atom is -0.494 e. The van der Waals surface area contributed by atoms with Crippen molar-refractivity contribution in [1.82, 2.24) is 0 Å². The van der Waals surface area contributed by atoms with E-state index in [1.165, 1.54) is 17.5 Å². The lowest BCUT2D eigenvalue weighted by Gasteiger charge is -2.22. The van der Waals surface area contributed by atoms with E-state index in [1.54, 1.807) is 0 Å². The summed E-state index contributed by atoms with van der Waals surface area (Å²) in [6, 6.07) is 6.39. The first-order chi connectivity index (χ1) is 7.97. The number of rotatable bonds is 4. The van der Waals surface area contributed by atoms with Crippen molar-refractivity contribution >= 4 is 0 Å². The fourth-order valence-corrected chi connectivity index (χ4v) is 3.06. The van der Waals surface area contributed by atoms with Crippen molar-refractivity contribution in [2.45, 2.75) is 39.5 Å². The van der Waals surface area contributed by atoms with E-state index in [1.807, 2.05) is 6.92 Å². The van der Waals surface area contributed by atoms with Gasteiger partial charge in [-0.15, -0.1) is 0 Å². The molecule has 2 heteroatoms. The molecule has 1 unspecified atom stereocenters. The largest absolute Gasteiger partial charge is 0.494 e. The van der Waals surface area contributed by atoms with Crippen LogP contribution in [0.3, 0.4) is 0 Å². The Bertz CT molecular complexity index is 425. The molecule has 0 aromatic heterocycles. The summed E-state index contributed by atoms with van der Waals surface area (Å²) in [6.07, 6.45) is 1.19. The lowest BCUT2D eigenvalue weighted by atomic mass is 9.85. The minimum atomic E-state index is 0.182. The molecule has 1 aromatic rings. The van der Waals surface area contributed by atoms with Gasteiger partial charge in [0.25, 0.3) is 0 Å². The van der Waals surface area contributed by atoms with Crippen molar-refractivity contribution in [3.63, 3.8) is 0 Å². The van der Waals surface area contributed by atoms with Gasteiger partial charge >= 0.3 is 0 Å². The highest BCUT2D eigenvalue weighted by Gasteiger charge is 2.61. The Balaban J connectivity index is 2.35. The number of hydrogen-bond donors (Lipinski definition) is 1. The maximum absolute atomic E-state index is 6.01. The molecule has 94 valence electrons. The molecule has 0 radical (unpaired) electrons. The summed E-state index contributed by atoms with van der Waals surface area (Å²) in [5.41, 5.74) is 9.22. The van der Waals surface area contributed by atoms with E-state index in [-0.39, 0.29) is 5.41 Å². The van der Waals surface area contributed by atoms with Crippen LogP contribution >= 0.6 is 0 Å². The third kappa shape index (κ3) is 1.85. The molecule has 0 aliphatic heterocycles. The normalized spacial score (nSPS) is 25.7.